The van der Waals surface area contributed by atoms with Gasteiger partial charge in [0.25, 0.3) is 0 Å². The van der Waals surface area contributed by atoms with Crippen molar-refractivity contribution in [1.29, 1.82) is 0 Å². The first kappa shape index (κ1) is 17.9. The Balaban J connectivity index is 2.78. The van der Waals surface area contributed by atoms with Gasteiger partial charge in [0.2, 0.25) is 0 Å². The molecule has 0 saturated heterocycles. The summed E-state index contributed by atoms with van der Waals surface area (Å²) in [7, 11) is 0. The molecule has 2 N–H and O–H groups in total. The van der Waals surface area contributed by atoms with Crippen molar-refractivity contribution >= 4 is 15.9 Å². The van der Waals surface area contributed by atoms with Crippen LogP contribution in [0.5, 0.6) is 11.5 Å². The molecule has 3 heteroatoms. The number of hydrogen-bond acceptors (Lipinski definition) is 2. The highest BCUT2D eigenvalue weighted by Crippen LogP contribution is 2.40. The fourth-order valence-electron chi connectivity index (χ4n) is 3.53. The van der Waals surface area contributed by atoms with Crippen LogP contribution in [0, 0.1) is 41.5 Å². The molecule has 2 nitrogen and oxygen atoms in total. The number of hydrogen-bond donors (Lipinski definition) is 2. The molecule has 0 aliphatic rings. The Morgan fingerprint density at radius 3 is 1.39 bits per heavy atom. The van der Waals surface area contributed by atoms with E-state index in [1.54, 1.807) is 0 Å². The molecule has 0 bridgehead atoms. The zero-order chi connectivity index (χ0) is 17.5. The van der Waals surface area contributed by atoms with E-state index < -0.39 is 0 Å². The first-order valence-electron chi connectivity index (χ1n) is 7.85. The van der Waals surface area contributed by atoms with Crippen LogP contribution in [0.3, 0.4) is 0 Å². The number of aromatic hydroxyl groups is 2. The van der Waals surface area contributed by atoms with E-state index in [-0.39, 0.29) is 5.92 Å². The minimum Gasteiger partial charge on any atom is -0.508 e. The third-order valence-corrected chi connectivity index (χ3v) is 5.76. The Bertz CT molecular complexity index is 700. The van der Waals surface area contributed by atoms with Gasteiger partial charge < -0.3 is 10.2 Å². The summed E-state index contributed by atoms with van der Waals surface area (Å²) in [5.41, 5.74) is 8.85. The van der Waals surface area contributed by atoms with E-state index in [1.807, 2.05) is 26.0 Å². The topological polar surface area (TPSA) is 40.5 Å². The minimum atomic E-state index is 0.189. The summed E-state index contributed by atoms with van der Waals surface area (Å²) in [5.74, 6) is 0.897. The van der Waals surface area contributed by atoms with Crippen molar-refractivity contribution in [2.45, 2.75) is 47.5 Å². The van der Waals surface area contributed by atoms with E-state index in [9.17, 15) is 10.2 Å². The number of alkyl halides is 1. The van der Waals surface area contributed by atoms with Gasteiger partial charge in [-0.05, 0) is 98.2 Å². The average Bonchev–Trinajstić information content (AvgIpc) is 2.49. The second-order valence-electron chi connectivity index (χ2n) is 6.46. The fraction of sp³-hybridized carbons (Fsp3) is 0.400. The zero-order valence-corrected chi connectivity index (χ0v) is 16.3. The molecule has 0 unspecified atom stereocenters. The number of phenols is 2. The minimum absolute atomic E-state index is 0.189. The van der Waals surface area contributed by atoms with Crippen molar-refractivity contribution in [3.8, 4) is 11.5 Å². The molecular formula is C20H25BrO2. The highest BCUT2D eigenvalue weighted by Gasteiger charge is 2.24. The predicted molar refractivity (Wildman–Crippen MR) is 100 cm³/mol. The largest absolute Gasteiger partial charge is 0.508 e. The summed E-state index contributed by atoms with van der Waals surface area (Å²) in [5, 5.41) is 20.9. The maximum Gasteiger partial charge on any atom is 0.119 e. The quantitative estimate of drug-likeness (QED) is 0.696. The van der Waals surface area contributed by atoms with Crippen LogP contribution in [0.15, 0.2) is 12.1 Å². The van der Waals surface area contributed by atoms with Gasteiger partial charge in [0.1, 0.15) is 11.5 Å². The average molecular weight is 377 g/mol. The van der Waals surface area contributed by atoms with E-state index in [0.717, 1.165) is 38.7 Å². The molecule has 0 heterocycles. The third-order valence-electron chi connectivity index (χ3n) is 5.11. The van der Waals surface area contributed by atoms with Gasteiger partial charge in [-0.25, -0.2) is 0 Å². The summed E-state index contributed by atoms with van der Waals surface area (Å²) >= 11 is 3.69. The molecule has 0 spiro atoms. The molecule has 0 atom stereocenters. The lowest BCUT2D eigenvalue weighted by atomic mass is 9.80. The predicted octanol–water partition coefficient (Wildman–Crippen LogP) is 5.48. The third kappa shape index (κ3) is 2.99. The Kier molecular flexibility index (Phi) is 5.10. The maximum absolute atomic E-state index is 10.1. The molecule has 124 valence electrons. The number of rotatable bonds is 3. The highest BCUT2D eigenvalue weighted by atomic mass is 79.9. The molecule has 0 fully saturated rings. The van der Waals surface area contributed by atoms with Crippen LogP contribution in [-0.4, -0.2) is 15.5 Å². The molecule has 23 heavy (non-hydrogen) atoms. The van der Waals surface area contributed by atoms with Crippen molar-refractivity contribution in [1.82, 2.24) is 0 Å². The number of aryl methyl sites for hydroxylation is 2. The number of halogens is 1. The molecule has 0 aliphatic carbocycles. The molecular weight excluding hydrogens is 352 g/mol. The van der Waals surface area contributed by atoms with Gasteiger partial charge in [0, 0.05) is 11.2 Å². The Labute approximate surface area is 147 Å². The molecule has 0 amide bonds. The molecule has 0 aromatic heterocycles. The smallest absolute Gasteiger partial charge is 0.119 e. The van der Waals surface area contributed by atoms with Gasteiger partial charge >= 0.3 is 0 Å². The van der Waals surface area contributed by atoms with Crippen LogP contribution < -0.4 is 0 Å². The Morgan fingerprint density at radius 2 is 1.09 bits per heavy atom. The Hall–Kier alpha value is -1.48. The van der Waals surface area contributed by atoms with Crippen molar-refractivity contribution < 1.29 is 10.2 Å². The van der Waals surface area contributed by atoms with E-state index in [2.05, 4.69) is 43.6 Å². The second kappa shape index (κ2) is 6.56. The van der Waals surface area contributed by atoms with Crippen molar-refractivity contribution in [2.75, 3.05) is 5.33 Å². The van der Waals surface area contributed by atoms with Crippen LogP contribution in [0.25, 0.3) is 0 Å². The lowest BCUT2D eigenvalue weighted by molar-refractivity contribution is 0.469. The lowest BCUT2D eigenvalue weighted by Crippen LogP contribution is -2.12. The van der Waals surface area contributed by atoms with Gasteiger partial charge in [0.05, 0.1) is 0 Å². The van der Waals surface area contributed by atoms with Crippen molar-refractivity contribution in [3.63, 3.8) is 0 Å². The number of benzene rings is 2. The van der Waals surface area contributed by atoms with Gasteiger partial charge in [-0.15, -0.1) is 0 Å². The van der Waals surface area contributed by atoms with E-state index in [4.69, 9.17) is 0 Å². The second-order valence-corrected chi connectivity index (χ2v) is 7.11. The molecule has 0 radical (unpaired) electrons. The van der Waals surface area contributed by atoms with Crippen molar-refractivity contribution in [2.24, 2.45) is 0 Å². The molecule has 0 saturated carbocycles. The van der Waals surface area contributed by atoms with E-state index in [0.29, 0.717) is 11.5 Å². The zero-order valence-electron chi connectivity index (χ0n) is 14.7. The van der Waals surface area contributed by atoms with Gasteiger partial charge in [-0.3, -0.25) is 0 Å². The monoisotopic (exact) mass is 376 g/mol. The van der Waals surface area contributed by atoms with Crippen LogP contribution in [0.2, 0.25) is 0 Å². The van der Waals surface area contributed by atoms with E-state index in [1.165, 1.54) is 11.1 Å². The van der Waals surface area contributed by atoms with Crippen LogP contribution in [0.4, 0.5) is 0 Å². The molecule has 0 aliphatic heterocycles. The SMILES string of the molecule is Cc1cc(O)c(C)c(C)c1C(CBr)c1c(C)cc(O)c(C)c1C. The molecule has 2 rings (SSSR count). The standard InChI is InChI=1S/C20H25BrO2/c1-10-7-17(22)12(3)14(5)19(10)16(9-21)20-11(2)8-18(23)13(4)15(20)6/h7-8,16,22-23H,9H2,1-6H3. The summed E-state index contributed by atoms with van der Waals surface area (Å²) in [6.45, 7) is 12.2. The van der Waals surface area contributed by atoms with Gasteiger partial charge in [-0.2, -0.15) is 0 Å². The first-order valence-corrected chi connectivity index (χ1v) is 8.98. The first-order chi connectivity index (χ1) is 10.7. The maximum atomic E-state index is 10.1. The van der Waals surface area contributed by atoms with Crippen LogP contribution in [-0.2, 0) is 0 Å². The molecule has 2 aromatic carbocycles. The summed E-state index contributed by atoms with van der Waals surface area (Å²) in [6, 6.07) is 3.70. The summed E-state index contributed by atoms with van der Waals surface area (Å²) in [4.78, 5) is 0. The highest BCUT2D eigenvalue weighted by molar-refractivity contribution is 9.09. The molecule has 2 aromatic rings. The van der Waals surface area contributed by atoms with Gasteiger partial charge in [0.15, 0.2) is 0 Å². The van der Waals surface area contributed by atoms with Crippen molar-refractivity contribution in [3.05, 3.63) is 56.6 Å². The van der Waals surface area contributed by atoms with Gasteiger partial charge in [-0.1, -0.05) is 15.9 Å². The lowest BCUT2D eigenvalue weighted by Gasteiger charge is -2.26. The number of phenolic OH excluding ortho intramolecular Hbond substituents is 2. The van der Waals surface area contributed by atoms with Crippen LogP contribution in [0.1, 0.15) is 50.4 Å². The Morgan fingerprint density at radius 1 is 0.739 bits per heavy atom. The van der Waals surface area contributed by atoms with E-state index >= 15 is 0 Å². The summed E-state index contributed by atoms with van der Waals surface area (Å²) in [6.07, 6.45) is 0. The normalized spacial score (nSPS) is 11.3. The fourth-order valence-corrected chi connectivity index (χ4v) is 4.18. The summed E-state index contributed by atoms with van der Waals surface area (Å²) < 4.78 is 0. The van der Waals surface area contributed by atoms with Crippen LogP contribution >= 0.6 is 15.9 Å².